The number of nitrogens with zero attached hydrogens (tertiary/aromatic N) is 2. The molecule has 0 saturated heterocycles. The zero-order valence-corrected chi connectivity index (χ0v) is 23.9. The van der Waals surface area contributed by atoms with Crippen molar-refractivity contribution in [3.8, 4) is 0 Å². The minimum Gasteiger partial charge on any atom is -0.378 e. The molecule has 0 aromatic heterocycles. The van der Waals surface area contributed by atoms with Crippen molar-refractivity contribution in [2.45, 2.75) is 38.0 Å². The van der Waals surface area contributed by atoms with Crippen LogP contribution in [0.2, 0.25) is 13.1 Å². The molecule has 0 aliphatic heterocycles. The number of halogens is 2. The van der Waals surface area contributed by atoms with Crippen LogP contribution in [0.25, 0.3) is 12.2 Å². The van der Waals surface area contributed by atoms with Crippen molar-refractivity contribution in [2.75, 3.05) is 38.0 Å². The van der Waals surface area contributed by atoms with Crippen molar-refractivity contribution in [1.29, 1.82) is 0 Å². The predicted octanol–water partition coefficient (Wildman–Crippen LogP) is 7.83. The highest BCUT2D eigenvalue weighted by Gasteiger charge is 2.47. The monoisotopic (exact) mass is 558 g/mol. The van der Waals surface area contributed by atoms with Gasteiger partial charge in [-0.15, -0.1) is 0 Å². The van der Waals surface area contributed by atoms with E-state index in [1.54, 1.807) is 0 Å². The molecule has 0 heterocycles. The molecule has 2 atom stereocenters. The number of hydrogen-bond acceptors (Lipinski definition) is 2. The molecule has 0 amide bonds. The van der Waals surface area contributed by atoms with E-state index in [9.17, 15) is 0 Å². The van der Waals surface area contributed by atoms with Crippen molar-refractivity contribution in [3.05, 3.63) is 66.6 Å². The summed E-state index contributed by atoms with van der Waals surface area (Å²) in [6.07, 6.45) is 4.83. The van der Waals surface area contributed by atoms with Gasteiger partial charge in [-0.2, -0.15) is 0 Å². The molecule has 0 bridgehead atoms. The first-order chi connectivity index (χ1) is 14.4. The van der Waals surface area contributed by atoms with Gasteiger partial charge in [0.25, 0.3) is 0 Å². The second kappa shape index (κ2) is 7.93. The van der Waals surface area contributed by atoms with Crippen LogP contribution in [0.3, 0.4) is 0 Å². The van der Waals surface area contributed by atoms with Gasteiger partial charge in [0.1, 0.15) is 0 Å². The van der Waals surface area contributed by atoms with Gasteiger partial charge in [-0.1, -0.05) is 68.3 Å². The van der Waals surface area contributed by atoms with E-state index < -0.39 is 8.07 Å². The molecule has 4 rings (SSSR count). The molecule has 164 valence electrons. The number of allylic oxidation sites excluding steroid dienone is 2. The fraction of sp³-hybridized carbons (Fsp3) is 0.385. The molecule has 0 N–H and O–H groups in total. The van der Waals surface area contributed by atoms with Crippen LogP contribution >= 0.6 is 31.9 Å². The van der Waals surface area contributed by atoms with Gasteiger partial charge in [-0.3, -0.25) is 0 Å². The van der Waals surface area contributed by atoms with E-state index in [1.807, 2.05) is 0 Å². The van der Waals surface area contributed by atoms with Gasteiger partial charge in [0, 0.05) is 59.6 Å². The van der Waals surface area contributed by atoms with Crippen molar-refractivity contribution >= 4 is 63.5 Å². The van der Waals surface area contributed by atoms with Crippen LogP contribution in [-0.4, -0.2) is 36.3 Å². The molecule has 0 radical (unpaired) electrons. The zero-order valence-electron chi connectivity index (χ0n) is 19.8. The van der Waals surface area contributed by atoms with Gasteiger partial charge in [0.2, 0.25) is 0 Å². The van der Waals surface area contributed by atoms with Gasteiger partial charge in [-0.05, 0) is 60.4 Å². The smallest absolute Gasteiger partial charge is 0.0722 e. The first-order valence-electron chi connectivity index (χ1n) is 10.8. The summed E-state index contributed by atoms with van der Waals surface area (Å²) in [7, 11) is 6.66. The molecule has 2 aliphatic carbocycles. The Bertz CT molecular complexity index is 1040. The normalized spacial score (nSPS) is 19.7. The number of hydrogen-bond donors (Lipinski definition) is 0. The Morgan fingerprint density at radius 2 is 1.03 bits per heavy atom. The van der Waals surface area contributed by atoms with Gasteiger partial charge < -0.3 is 9.80 Å². The van der Waals surface area contributed by atoms with E-state index in [4.69, 9.17) is 0 Å². The topological polar surface area (TPSA) is 6.48 Å². The molecule has 31 heavy (non-hydrogen) atoms. The number of fused-ring (bicyclic) bond motifs is 2. The number of benzene rings is 2. The van der Waals surface area contributed by atoms with Crippen LogP contribution in [0.4, 0.5) is 11.4 Å². The van der Waals surface area contributed by atoms with Crippen molar-refractivity contribution in [1.82, 2.24) is 0 Å². The maximum absolute atomic E-state index is 3.87. The van der Waals surface area contributed by atoms with E-state index in [2.05, 4.69) is 133 Å². The standard InChI is InChI=1S/C26H32Br2N2Si/c1-15-9-19-21(11-17(29(3)4)13-23(19)27)25(15)31(7,8)26-16(2)10-20-22(26)12-18(30(5)6)14-24(20)28/h9-14,25-26H,1-8H3. The van der Waals surface area contributed by atoms with Gasteiger partial charge >= 0.3 is 0 Å². The first-order valence-corrected chi connectivity index (χ1v) is 15.6. The quantitative estimate of drug-likeness (QED) is 0.352. The highest BCUT2D eigenvalue weighted by molar-refractivity contribution is 9.10. The Labute approximate surface area is 205 Å². The SMILES string of the molecule is CC1=Cc2c(Br)cc(N(C)C)cc2C1[Si](C)(C)C1C(C)=Cc2c(Br)cc(N(C)C)cc21. The largest absolute Gasteiger partial charge is 0.378 e. The van der Waals surface area contributed by atoms with Gasteiger partial charge in [0.15, 0.2) is 0 Å². The second-order valence-corrected chi connectivity index (χ2v) is 16.6. The third-order valence-corrected chi connectivity index (χ3v) is 12.9. The van der Waals surface area contributed by atoms with Crippen LogP contribution in [0.15, 0.2) is 44.4 Å². The average molecular weight is 560 g/mol. The van der Waals surface area contributed by atoms with E-state index in [0.29, 0.717) is 11.1 Å². The van der Waals surface area contributed by atoms with Crippen LogP contribution in [-0.2, 0) is 0 Å². The lowest BCUT2D eigenvalue weighted by molar-refractivity contribution is 0.963. The average Bonchev–Trinajstić information content (AvgIpc) is 3.18. The molecule has 2 aromatic rings. The third kappa shape index (κ3) is 3.67. The predicted molar refractivity (Wildman–Crippen MR) is 147 cm³/mol. The molecule has 2 nitrogen and oxygen atoms in total. The Hall–Kier alpha value is -1.30. The first kappa shape index (κ1) is 22.9. The summed E-state index contributed by atoms with van der Waals surface area (Å²) in [5.74, 6) is 0. The summed E-state index contributed by atoms with van der Waals surface area (Å²) in [5.41, 5.74) is 12.3. The minimum absolute atomic E-state index is 0.500. The van der Waals surface area contributed by atoms with E-state index in [0.717, 1.165) is 0 Å². The Kier molecular flexibility index (Phi) is 5.85. The van der Waals surface area contributed by atoms with Gasteiger partial charge in [0.05, 0.1) is 8.07 Å². The lowest BCUT2D eigenvalue weighted by Gasteiger charge is -2.39. The summed E-state index contributed by atoms with van der Waals surface area (Å²) in [6, 6.07) is 9.34. The summed E-state index contributed by atoms with van der Waals surface area (Å²) < 4.78 is 2.41. The van der Waals surface area contributed by atoms with E-state index >= 15 is 0 Å². The molecule has 2 aliphatic rings. The zero-order chi connectivity index (χ0) is 22.8. The summed E-state index contributed by atoms with van der Waals surface area (Å²) in [5, 5.41) is 0. The molecule has 2 aromatic carbocycles. The fourth-order valence-corrected chi connectivity index (χ4v) is 11.9. The molecule has 0 saturated carbocycles. The highest BCUT2D eigenvalue weighted by Crippen LogP contribution is 2.54. The van der Waals surface area contributed by atoms with E-state index in [-0.39, 0.29) is 0 Å². The van der Waals surface area contributed by atoms with Crippen LogP contribution in [0.1, 0.15) is 47.2 Å². The van der Waals surface area contributed by atoms with Crippen LogP contribution in [0, 0.1) is 0 Å². The minimum atomic E-state index is -1.84. The van der Waals surface area contributed by atoms with E-state index in [1.165, 1.54) is 53.7 Å². The highest BCUT2D eigenvalue weighted by atomic mass is 79.9. The molecule has 0 spiro atoms. The van der Waals surface area contributed by atoms with Crippen LogP contribution in [0.5, 0.6) is 0 Å². The summed E-state index contributed by atoms with van der Waals surface area (Å²) >= 11 is 7.73. The lowest BCUT2D eigenvalue weighted by atomic mass is 10.1. The number of rotatable bonds is 4. The Morgan fingerprint density at radius 1 is 0.677 bits per heavy atom. The second-order valence-electron chi connectivity index (χ2n) is 10.1. The molecule has 0 fully saturated rings. The maximum atomic E-state index is 3.87. The number of anilines is 2. The van der Waals surface area contributed by atoms with Crippen molar-refractivity contribution in [3.63, 3.8) is 0 Å². The Morgan fingerprint density at radius 3 is 1.35 bits per heavy atom. The molecular weight excluding hydrogens is 528 g/mol. The lowest BCUT2D eigenvalue weighted by Crippen LogP contribution is -2.42. The van der Waals surface area contributed by atoms with Crippen molar-refractivity contribution < 1.29 is 0 Å². The summed E-state index contributed by atoms with van der Waals surface area (Å²) in [6.45, 7) is 9.85. The Balaban J connectivity index is 1.87. The maximum Gasteiger partial charge on any atom is 0.0722 e. The van der Waals surface area contributed by atoms with Crippen LogP contribution < -0.4 is 9.80 Å². The molecule has 2 unspecified atom stereocenters. The van der Waals surface area contributed by atoms with Gasteiger partial charge in [-0.25, -0.2) is 0 Å². The molecule has 5 heteroatoms. The molecular formula is C26H32Br2N2Si. The van der Waals surface area contributed by atoms with Crippen molar-refractivity contribution in [2.24, 2.45) is 0 Å². The summed E-state index contributed by atoms with van der Waals surface area (Å²) in [4.78, 5) is 4.42. The third-order valence-electron chi connectivity index (χ3n) is 7.09. The fourth-order valence-electron chi connectivity index (χ4n) is 5.80.